The van der Waals surface area contributed by atoms with Gasteiger partial charge in [0.1, 0.15) is 6.04 Å². The number of hydrogen-bond acceptors (Lipinski definition) is 5. The predicted octanol–water partition coefficient (Wildman–Crippen LogP) is 1.75. The Hall–Kier alpha value is -2.22. The van der Waals surface area contributed by atoms with Crippen molar-refractivity contribution in [1.29, 1.82) is 0 Å². The van der Waals surface area contributed by atoms with Gasteiger partial charge in [-0.3, -0.25) is 25.2 Å². The number of rotatable bonds is 5. The average molecular weight is 391 g/mol. The first-order chi connectivity index (χ1) is 12.9. The zero-order valence-corrected chi connectivity index (χ0v) is 16.8. The molecule has 146 valence electrons. The summed E-state index contributed by atoms with van der Waals surface area (Å²) in [6.45, 7) is 7.94. The van der Waals surface area contributed by atoms with E-state index in [1.54, 1.807) is 28.8 Å². The first kappa shape index (κ1) is 19.5. The molecule has 0 unspecified atom stereocenters. The van der Waals surface area contributed by atoms with Crippen LogP contribution >= 0.6 is 11.8 Å². The molecule has 8 heteroatoms. The molecule has 0 aromatic heterocycles. The molecule has 2 aliphatic rings. The van der Waals surface area contributed by atoms with Crippen LogP contribution in [-0.4, -0.2) is 52.4 Å². The van der Waals surface area contributed by atoms with Crippen LogP contribution in [0.1, 0.15) is 44.0 Å². The molecule has 0 spiro atoms. The molecule has 2 fully saturated rings. The molecule has 2 saturated heterocycles. The van der Waals surface area contributed by atoms with Crippen molar-refractivity contribution in [1.82, 2.24) is 15.8 Å². The lowest BCUT2D eigenvalue weighted by molar-refractivity contribution is -0.138. The Balaban J connectivity index is 1.58. The quantitative estimate of drug-likeness (QED) is 0.749. The van der Waals surface area contributed by atoms with Gasteiger partial charge in [-0.05, 0) is 51.5 Å². The van der Waals surface area contributed by atoms with Gasteiger partial charge in [0.2, 0.25) is 5.91 Å². The van der Waals surface area contributed by atoms with Crippen molar-refractivity contribution < 1.29 is 14.4 Å². The van der Waals surface area contributed by atoms with E-state index >= 15 is 0 Å². The van der Waals surface area contributed by atoms with Crippen LogP contribution < -0.4 is 15.8 Å². The van der Waals surface area contributed by atoms with E-state index < -0.39 is 6.04 Å². The minimum absolute atomic E-state index is 0.000896. The minimum atomic E-state index is -0.541. The van der Waals surface area contributed by atoms with Crippen molar-refractivity contribution in [3.8, 4) is 0 Å². The van der Waals surface area contributed by atoms with E-state index in [2.05, 4.69) is 29.6 Å². The maximum atomic E-state index is 12.5. The fourth-order valence-corrected chi connectivity index (χ4v) is 5.13. The Morgan fingerprint density at radius 3 is 2.52 bits per heavy atom. The van der Waals surface area contributed by atoms with Crippen LogP contribution in [-0.2, 0) is 9.59 Å². The fraction of sp³-hybridized carbons (Fsp3) is 0.526. The summed E-state index contributed by atoms with van der Waals surface area (Å²) in [6, 6.07) is 6.72. The van der Waals surface area contributed by atoms with E-state index in [0.29, 0.717) is 17.7 Å². The summed E-state index contributed by atoms with van der Waals surface area (Å²) in [4.78, 5) is 40.5. The first-order valence-corrected chi connectivity index (χ1v) is 10.3. The number of hydrazine groups is 1. The maximum absolute atomic E-state index is 12.5. The maximum Gasteiger partial charge on any atom is 0.269 e. The van der Waals surface area contributed by atoms with Gasteiger partial charge in [-0.1, -0.05) is 0 Å². The topological polar surface area (TPSA) is 81.8 Å². The van der Waals surface area contributed by atoms with Crippen molar-refractivity contribution >= 4 is 35.2 Å². The van der Waals surface area contributed by atoms with Crippen molar-refractivity contribution in [3.63, 3.8) is 0 Å². The number of amides is 3. The number of carbonyl (C=O) groups excluding carboxylic acids is 3. The van der Waals surface area contributed by atoms with E-state index in [4.69, 9.17) is 0 Å². The van der Waals surface area contributed by atoms with Crippen LogP contribution in [0.3, 0.4) is 0 Å². The highest BCUT2D eigenvalue weighted by molar-refractivity contribution is 8.01. The highest BCUT2D eigenvalue weighted by atomic mass is 32.2. The molecule has 3 amide bonds. The van der Waals surface area contributed by atoms with E-state index in [0.717, 1.165) is 25.2 Å². The number of carbonyl (C=O) groups is 3. The van der Waals surface area contributed by atoms with Gasteiger partial charge in [0, 0.05) is 36.5 Å². The Bertz CT molecular complexity index is 735. The Labute approximate surface area is 163 Å². The van der Waals surface area contributed by atoms with Crippen molar-refractivity contribution in [2.24, 2.45) is 0 Å². The molecule has 2 N–H and O–H groups in total. The van der Waals surface area contributed by atoms with Gasteiger partial charge in [0.25, 0.3) is 11.8 Å². The SMILES string of the molecule is CCN(CC)c1ccc(C(=O)NNC(=O)[C@@H]2CS[C@@]3(C)CCC(=O)N23)cc1. The zero-order chi connectivity index (χ0) is 19.6. The summed E-state index contributed by atoms with van der Waals surface area (Å²) < 4.78 is 0. The molecule has 2 aliphatic heterocycles. The average Bonchev–Trinajstić information content (AvgIpc) is 3.17. The van der Waals surface area contributed by atoms with E-state index in [1.165, 1.54) is 0 Å². The summed E-state index contributed by atoms with van der Waals surface area (Å²) >= 11 is 1.62. The molecule has 1 aromatic rings. The molecule has 0 saturated carbocycles. The normalized spacial score (nSPS) is 23.9. The third-order valence-corrected chi connectivity index (χ3v) is 6.81. The van der Waals surface area contributed by atoms with Crippen LogP contribution in [0.5, 0.6) is 0 Å². The molecular formula is C19H26N4O3S. The lowest BCUT2D eigenvalue weighted by Crippen LogP contribution is -2.54. The number of nitrogens with zero attached hydrogens (tertiary/aromatic N) is 2. The third-order valence-electron chi connectivity index (χ3n) is 5.30. The Kier molecular flexibility index (Phi) is 5.64. The van der Waals surface area contributed by atoms with Crippen LogP contribution in [0.4, 0.5) is 5.69 Å². The molecule has 0 bridgehead atoms. The highest BCUT2D eigenvalue weighted by Gasteiger charge is 2.52. The smallest absolute Gasteiger partial charge is 0.269 e. The molecule has 27 heavy (non-hydrogen) atoms. The molecule has 2 atom stereocenters. The van der Waals surface area contributed by atoms with E-state index in [1.807, 2.05) is 19.1 Å². The summed E-state index contributed by atoms with van der Waals surface area (Å²) in [6.07, 6.45) is 1.23. The van der Waals surface area contributed by atoms with Gasteiger partial charge >= 0.3 is 0 Å². The summed E-state index contributed by atoms with van der Waals surface area (Å²) in [5.74, 6) is -0.186. The summed E-state index contributed by atoms with van der Waals surface area (Å²) in [7, 11) is 0. The van der Waals surface area contributed by atoms with Gasteiger partial charge in [-0.15, -0.1) is 11.8 Å². The lowest BCUT2D eigenvalue weighted by atomic mass is 10.2. The molecule has 0 aliphatic carbocycles. The van der Waals surface area contributed by atoms with Gasteiger partial charge in [0.15, 0.2) is 0 Å². The van der Waals surface area contributed by atoms with Gasteiger partial charge in [0.05, 0.1) is 4.87 Å². The van der Waals surface area contributed by atoms with Gasteiger partial charge in [-0.25, -0.2) is 0 Å². The number of nitrogens with one attached hydrogen (secondary N) is 2. The van der Waals surface area contributed by atoms with Crippen LogP contribution in [0.25, 0.3) is 0 Å². The molecule has 1 aromatic carbocycles. The van der Waals surface area contributed by atoms with Gasteiger partial charge in [-0.2, -0.15) is 0 Å². The van der Waals surface area contributed by atoms with Crippen molar-refractivity contribution in [2.75, 3.05) is 23.7 Å². The second kappa shape index (κ2) is 7.80. The molecule has 3 rings (SSSR count). The van der Waals surface area contributed by atoms with Crippen molar-refractivity contribution in [2.45, 2.75) is 44.5 Å². The summed E-state index contributed by atoms with van der Waals surface area (Å²) in [5.41, 5.74) is 6.46. The second-order valence-electron chi connectivity index (χ2n) is 6.93. The first-order valence-electron chi connectivity index (χ1n) is 9.31. The standard InChI is InChI=1S/C19H26N4O3S/c1-4-22(5-2)14-8-6-13(7-9-14)17(25)20-21-18(26)15-12-27-19(3)11-10-16(24)23(15)19/h6-9,15H,4-5,10-12H2,1-3H3,(H,20,25)(H,21,26)/t15-,19-/m0/s1. The number of anilines is 1. The van der Waals surface area contributed by atoms with Crippen molar-refractivity contribution in [3.05, 3.63) is 29.8 Å². The third kappa shape index (κ3) is 3.76. The minimum Gasteiger partial charge on any atom is -0.372 e. The number of thioether (sulfide) groups is 1. The molecule has 7 nitrogen and oxygen atoms in total. The molecule has 0 radical (unpaired) electrons. The largest absolute Gasteiger partial charge is 0.372 e. The van der Waals surface area contributed by atoms with E-state index in [-0.39, 0.29) is 22.6 Å². The molecular weight excluding hydrogens is 364 g/mol. The Morgan fingerprint density at radius 1 is 1.22 bits per heavy atom. The van der Waals surface area contributed by atoms with E-state index in [9.17, 15) is 14.4 Å². The Morgan fingerprint density at radius 2 is 1.89 bits per heavy atom. The second-order valence-corrected chi connectivity index (χ2v) is 8.43. The highest BCUT2D eigenvalue weighted by Crippen LogP contribution is 2.47. The number of fused-ring (bicyclic) bond motifs is 1. The summed E-state index contributed by atoms with van der Waals surface area (Å²) in [5, 5.41) is 0. The van der Waals surface area contributed by atoms with Crippen LogP contribution in [0.15, 0.2) is 24.3 Å². The number of hydrogen-bond donors (Lipinski definition) is 2. The number of benzene rings is 1. The predicted molar refractivity (Wildman–Crippen MR) is 106 cm³/mol. The zero-order valence-electron chi connectivity index (χ0n) is 15.9. The fourth-order valence-electron chi connectivity index (χ4n) is 3.70. The molecule has 2 heterocycles. The van der Waals surface area contributed by atoms with Gasteiger partial charge < -0.3 is 9.80 Å². The van der Waals surface area contributed by atoms with Crippen LogP contribution in [0.2, 0.25) is 0 Å². The monoisotopic (exact) mass is 390 g/mol. The lowest BCUT2D eigenvalue weighted by Gasteiger charge is -2.29. The van der Waals surface area contributed by atoms with Crippen LogP contribution in [0, 0.1) is 0 Å².